The molecule has 3 heterocycles. The summed E-state index contributed by atoms with van der Waals surface area (Å²) in [5.41, 5.74) is 0.542. The van der Waals surface area contributed by atoms with Gasteiger partial charge in [-0.15, -0.1) is 0 Å². The number of aryl methyl sites for hydroxylation is 1. The van der Waals surface area contributed by atoms with E-state index in [4.69, 9.17) is 4.52 Å². The Morgan fingerprint density at radius 3 is 2.93 bits per heavy atom. The standard InChI is InChI=1S/C20H21N5O3/c26-17(9-11-24-12-21-15-5-2-1-4-14(15)20(24)27)25-10-3-6-16(25)19-22-18(23-28-19)13-7-8-13/h1-2,4-5,12-13,16H,3,6-11H2. The molecule has 1 aliphatic carbocycles. The van der Waals surface area contributed by atoms with Gasteiger partial charge < -0.3 is 9.42 Å². The van der Waals surface area contributed by atoms with E-state index in [2.05, 4.69) is 15.1 Å². The van der Waals surface area contributed by atoms with Crippen molar-refractivity contribution in [2.24, 2.45) is 0 Å². The molecule has 2 fully saturated rings. The molecule has 5 rings (SSSR count). The molecule has 0 radical (unpaired) electrons. The Bertz CT molecular complexity index is 1080. The van der Waals surface area contributed by atoms with Crippen molar-refractivity contribution in [3.8, 4) is 0 Å². The highest BCUT2D eigenvalue weighted by molar-refractivity contribution is 5.78. The van der Waals surface area contributed by atoms with Crippen LogP contribution in [0.3, 0.4) is 0 Å². The number of hydrogen-bond donors (Lipinski definition) is 0. The molecular formula is C20H21N5O3. The summed E-state index contributed by atoms with van der Waals surface area (Å²) in [6, 6.07) is 7.07. The Hall–Kier alpha value is -3.03. The first kappa shape index (κ1) is 17.1. The molecule has 8 heteroatoms. The number of para-hydroxylation sites is 1. The number of amides is 1. The first-order valence-electron chi connectivity index (χ1n) is 9.78. The van der Waals surface area contributed by atoms with Gasteiger partial charge >= 0.3 is 0 Å². The molecule has 28 heavy (non-hydrogen) atoms. The average Bonchev–Trinajstić information content (AvgIpc) is 3.25. The average molecular weight is 379 g/mol. The highest BCUT2D eigenvalue weighted by Gasteiger charge is 2.36. The van der Waals surface area contributed by atoms with Crippen molar-refractivity contribution in [1.82, 2.24) is 24.6 Å². The lowest BCUT2D eigenvalue weighted by molar-refractivity contribution is -0.132. The predicted octanol–water partition coefficient (Wildman–Crippen LogP) is 2.41. The van der Waals surface area contributed by atoms with Crippen LogP contribution < -0.4 is 5.56 Å². The summed E-state index contributed by atoms with van der Waals surface area (Å²) in [7, 11) is 0. The van der Waals surface area contributed by atoms with Crippen LogP contribution in [0.1, 0.15) is 55.8 Å². The van der Waals surface area contributed by atoms with Crippen molar-refractivity contribution in [1.29, 1.82) is 0 Å². The minimum atomic E-state index is -0.154. The zero-order valence-corrected chi connectivity index (χ0v) is 15.5. The second-order valence-electron chi connectivity index (χ2n) is 7.52. The third-order valence-electron chi connectivity index (χ3n) is 5.56. The molecule has 1 aliphatic heterocycles. The maximum Gasteiger partial charge on any atom is 0.261 e. The van der Waals surface area contributed by atoms with Crippen molar-refractivity contribution >= 4 is 16.8 Å². The molecule has 0 bridgehead atoms. The fourth-order valence-electron chi connectivity index (χ4n) is 3.84. The molecule has 2 aromatic heterocycles. The van der Waals surface area contributed by atoms with Crippen LogP contribution in [0.4, 0.5) is 0 Å². The van der Waals surface area contributed by atoms with Crippen molar-refractivity contribution in [2.75, 3.05) is 6.54 Å². The number of carbonyl (C=O) groups excluding carboxylic acids is 1. The Labute approximate surface area is 161 Å². The Morgan fingerprint density at radius 1 is 1.21 bits per heavy atom. The van der Waals surface area contributed by atoms with Crippen LogP contribution in [0.5, 0.6) is 0 Å². The molecule has 144 valence electrons. The molecule has 2 aliphatic rings. The fraction of sp³-hybridized carbons (Fsp3) is 0.450. The summed E-state index contributed by atoms with van der Waals surface area (Å²) < 4.78 is 6.94. The van der Waals surface area contributed by atoms with E-state index in [1.54, 1.807) is 12.1 Å². The SMILES string of the molecule is O=C(CCn1cnc2ccccc2c1=O)N1CCCC1c1nc(C2CC2)no1. The number of nitrogens with zero attached hydrogens (tertiary/aromatic N) is 5. The second-order valence-corrected chi connectivity index (χ2v) is 7.52. The zero-order chi connectivity index (χ0) is 19.1. The quantitative estimate of drug-likeness (QED) is 0.676. The van der Waals surface area contributed by atoms with Gasteiger partial charge in [0.05, 0.1) is 17.2 Å². The van der Waals surface area contributed by atoms with E-state index < -0.39 is 0 Å². The highest BCUT2D eigenvalue weighted by Crippen LogP contribution is 2.39. The van der Waals surface area contributed by atoms with Crippen LogP contribution in [0.25, 0.3) is 10.9 Å². The van der Waals surface area contributed by atoms with Crippen LogP contribution >= 0.6 is 0 Å². The monoisotopic (exact) mass is 379 g/mol. The highest BCUT2D eigenvalue weighted by atomic mass is 16.5. The number of rotatable bonds is 5. The number of benzene rings is 1. The zero-order valence-electron chi connectivity index (χ0n) is 15.5. The minimum Gasteiger partial charge on any atom is -0.337 e. The fourth-order valence-corrected chi connectivity index (χ4v) is 3.84. The van der Waals surface area contributed by atoms with E-state index in [0.29, 0.717) is 35.8 Å². The molecular weight excluding hydrogens is 358 g/mol. The van der Waals surface area contributed by atoms with Gasteiger partial charge in [0.15, 0.2) is 5.82 Å². The van der Waals surface area contributed by atoms with Crippen LogP contribution in [-0.4, -0.2) is 37.0 Å². The van der Waals surface area contributed by atoms with Crippen LogP contribution in [0, 0.1) is 0 Å². The Kier molecular flexibility index (Phi) is 4.18. The first-order chi connectivity index (χ1) is 13.7. The molecule has 1 aromatic carbocycles. The topological polar surface area (TPSA) is 94.1 Å². The lowest BCUT2D eigenvalue weighted by Crippen LogP contribution is -2.32. The molecule has 1 unspecified atom stereocenters. The van der Waals surface area contributed by atoms with Crippen molar-refractivity contribution in [2.45, 2.75) is 50.6 Å². The van der Waals surface area contributed by atoms with Crippen molar-refractivity contribution < 1.29 is 9.32 Å². The van der Waals surface area contributed by atoms with Gasteiger partial charge in [-0.05, 0) is 37.8 Å². The van der Waals surface area contributed by atoms with E-state index >= 15 is 0 Å². The number of likely N-dealkylation sites (tertiary alicyclic amines) is 1. The van der Waals surface area contributed by atoms with Crippen LogP contribution in [0.15, 0.2) is 39.9 Å². The van der Waals surface area contributed by atoms with Gasteiger partial charge in [-0.25, -0.2) is 4.98 Å². The van der Waals surface area contributed by atoms with E-state index in [1.165, 1.54) is 10.9 Å². The number of fused-ring (bicyclic) bond motifs is 1. The third-order valence-corrected chi connectivity index (χ3v) is 5.56. The number of hydrogen-bond acceptors (Lipinski definition) is 6. The molecule has 0 N–H and O–H groups in total. The van der Waals surface area contributed by atoms with Gasteiger partial charge in [0.1, 0.15) is 6.04 Å². The number of aromatic nitrogens is 4. The van der Waals surface area contributed by atoms with Crippen molar-refractivity contribution in [3.63, 3.8) is 0 Å². The Morgan fingerprint density at radius 2 is 2.07 bits per heavy atom. The Balaban J connectivity index is 1.29. The van der Waals surface area contributed by atoms with Gasteiger partial charge in [-0.3, -0.25) is 14.2 Å². The minimum absolute atomic E-state index is 0.00581. The van der Waals surface area contributed by atoms with E-state index in [1.807, 2.05) is 17.0 Å². The molecule has 1 amide bonds. The van der Waals surface area contributed by atoms with E-state index in [0.717, 1.165) is 31.5 Å². The lowest BCUT2D eigenvalue weighted by Gasteiger charge is -2.22. The summed E-state index contributed by atoms with van der Waals surface area (Å²) in [6.07, 6.45) is 5.71. The molecule has 0 spiro atoms. The predicted molar refractivity (Wildman–Crippen MR) is 101 cm³/mol. The van der Waals surface area contributed by atoms with Gasteiger partial charge in [0.2, 0.25) is 11.8 Å². The van der Waals surface area contributed by atoms with E-state index in [-0.39, 0.29) is 23.9 Å². The van der Waals surface area contributed by atoms with Crippen LogP contribution in [-0.2, 0) is 11.3 Å². The molecule has 1 saturated carbocycles. The first-order valence-corrected chi connectivity index (χ1v) is 9.78. The summed E-state index contributed by atoms with van der Waals surface area (Å²) in [6.45, 7) is 0.978. The normalized spacial score (nSPS) is 19.4. The maximum atomic E-state index is 12.8. The molecule has 3 aromatic rings. The summed E-state index contributed by atoms with van der Waals surface area (Å²) in [4.78, 5) is 36.1. The molecule has 1 atom stereocenters. The summed E-state index contributed by atoms with van der Waals surface area (Å²) >= 11 is 0. The lowest BCUT2D eigenvalue weighted by atomic mass is 10.2. The smallest absolute Gasteiger partial charge is 0.261 e. The van der Waals surface area contributed by atoms with Gasteiger partial charge in [0.25, 0.3) is 5.56 Å². The second kappa shape index (κ2) is 6.85. The largest absolute Gasteiger partial charge is 0.337 e. The number of carbonyl (C=O) groups is 1. The van der Waals surface area contributed by atoms with Crippen molar-refractivity contribution in [3.05, 3.63) is 52.7 Å². The van der Waals surface area contributed by atoms with Gasteiger partial charge in [-0.1, -0.05) is 17.3 Å². The molecule has 8 nitrogen and oxygen atoms in total. The van der Waals surface area contributed by atoms with Gasteiger partial charge in [0, 0.05) is 25.4 Å². The van der Waals surface area contributed by atoms with Gasteiger partial charge in [-0.2, -0.15) is 4.98 Å². The van der Waals surface area contributed by atoms with E-state index in [9.17, 15) is 9.59 Å². The summed E-state index contributed by atoms with van der Waals surface area (Å²) in [5.74, 6) is 1.73. The third kappa shape index (κ3) is 3.08. The summed E-state index contributed by atoms with van der Waals surface area (Å²) in [5, 5.41) is 4.64. The molecule has 1 saturated heterocycles. The van der Waals surface area contributed by atoms with Crippen LogP contribution in [0.2, 0.25) is 0 Å². The maximum absolute atomic E-state index is 12.8.